The van der Waals surface area contributed by atoms with E-state index in [1.54, 1.807) is 5.57 Å². The Balaban J connectivity index is 1.02. The van der Waals surface area contributed by atoms with Crippen LogP contribution in [0.5, 0.6) is 0 Å². The highest BCUT2D eigenvalue weighted by molar-refractivity contribution is 6.14. The van der Waals surface area contributed by atoms with Gasteiger partial charge in [-0.2, -0.15) is 0 Å². The third-order valence-corrected chi connectivity index (χ3v) is 13.6. The number of rotatable bonds is 4. The molecule has 12 rings (SSSR count). The fourth-order valence-corrected chi connectivity index (χ4v) is 10.9. The summed E-state index contributed by atoms with van der Waals surface area (Å²) in [7, 11) is 0. The van der Waals surface area contributed by atoms with Crippen LogP contribution < -0.4 is 10.6 Å². The summed E-state index contributed by atoms with van der Waals surface area (Å²) in [4.78, 5) is 0. The van der Waals surface area contributed by atoms with E-state index < -0.39 is 0 Å². The normalized spacial score (nSPS) is 25.0. The first-order valence-corrected chi connectivity index (χ1v) is 20.9. The third kappa shape index (κ3) is 4.97. The van der Waals surface area contributed by atoms with Gasteiger partial charge < -0.3 is 19.8 Å². The van der Waals surface area contributed by atoms with E-state index in [9.17, 15) is 0 Å². The summed E-state index contributed by atoms with van der Waals surface area (Å²) in [5.41, 5.74) is 17.9. The van der Waals surface area contributed by atoms with Gasteiger partial charge in [-0.1, -0.05) is 109 Å². The molecule has 2 N–H and O–H groups in total. The molecule has 0 bridgehead atoms. The van der Waals surface area contributed by atoms with Gasteiger partial charge in [-0.25, -0.2) is 0 Å². The molecule has 1 aliphatic heterocycles. The number of allylic oxidation sites excluding steroid dienone is 18. The molecule has 7 aliphatic rings. The van der Waals surface area contributed by atoms with Gasteiger partial charge in [0, 0.05) is 50.6 Å². The molecule has 4 atom stereocenters. The van der Waals surface area contributed by atoms with Crippen molar-refractivity contribution in [3.63, 3.8) is 0 Å². The van der Waals surface area contributed by atoms with Crippen LogP contribution >= 0.6 is 0 Å². The summed E-state index contributed by atoms with van der Waals surface area (Å²) in [6.07, 6.45) is 39.2. The van der Waals surface area contributed by atoms with Crippen LogP contribution in [-0.2, 0) is 6.42 Å². The summed E-state index contributed by atoms with van der Waals surface area (Å²) >= 11 is 0. The van der Waals surface area contributed by atoms with E-state index in [2.05, 4.69) is 165 Å². The predicted molar refractivity (Wildman–Crippen MR) is 232 cm³/mol. The minimum atomic E-state index is 0.0215. The zero-order valence-corrected chi connectivity index (χ0v) is 31.7. The maximum Gasteiger partial charge on any atom is 0.125 e. The second-order valence-corrected chi connectivity index (χ2v) is 16.6. The van der Waals surface area contributed by atoms with Crippen molar-refractivity contribution in [1.82, 2.24) is 19.8 Å². The lowest BCUT2D eigenvalue weighted by molar-refractivity contribution is 0.262. The lowest BCUT2D eigenvalue weighted by Gasteiger charge is -2.43. The van der Waals surface area contributed by atoms with Crippen molar-refractivity contribution >= 4 is 38.3 Å². The molecule has 4 heteroatoms. The topological polar surface area (TPSA) is 33.9 Å². The standard InChI is InChI=1S/C52H46N4/c1-2-15-39(16-3-1)55-47-29-28-35-13-6-7-17-40(35)50(47)43-31-42-41-18-8-11-21-46(41)56(48(42)32-49(43)55)52-51(53-44-19-9-10-20-45(44)54-52)36-25-22-34(23-26-36)38-27-24-33-12-4-5-14-37(33)30-38/h1-6,8-9,11-16,18-19,21-23,25,27,30-33,36,51-54H,7,10,17,20,24,26,28-29H2. The number of nitrogens with one attached hydrogen (secondary N) is 2. The highest BCUT2D eigenvalue weighted by Gasteiger charge is 2.37. The Bertz CT molecular complexity index is 2810. The van der Waals surface area contributed by atoms with Crippen LogP contribution in [0.1, 0.15) is 62.4 Å². The second-order valence-electron chi connectivity index (χ2n) is 16.6. The maximum absolute atomic E-state index is 4.19. The van der Waals surface area contributed by atoms with Crippen molar-refractivity contribution in [2.75, 3.05) is 0 Å². The molecule has 0 radical (unpaired) electrons. The Kier molecular flexibility index (Phi) is 7.36. The molecule has 56 heavy (non-hydrogen) atoms. The number of nitrogens with zero attached hydrogens (tertiary/aromatic N) is 2. The van der Waals surface area contributed by atoms with Gasteiger partial charge in [-0.15, -0.1) is 0 Å². The van der Waals surface area contributed by atoms with Gasteiger partial charge in [0.2, 0.25) is 0 Å². The van der Waals surface area contributed by atoms with Gasteiger partial charge in [0.1, 0.15) is 6.17 Å². The van der Waals surface area contributed by atoms with Gasteiger partial charge >= 0.3 is 0 Å². The summed E-state index contributed by atoms with van der Waals surface area (Å²) in [5.74, 6) is 0.828. The van der Waals surface area contributed by atoms with E-state index in [4.69, 9.17) is 0 Å². The first kappa shape index (κ1) is 32.3. The fourth-order valence-electron chi connectivity index (χ4n) is 10.9. The van der Waals surface area contributed by atoms with E-state index in [1.165, 1.54) is 83.3 Å². The summed E-state index contributed by atoms with van der Waals surface area (Å²) < 4.78 is 5.25. The van der Waals surface area contributed by atoms with Crippen molar-refractivity contribution in [3.05, 3.63) is 191 Å². The second kappa shape index (κ2) is 12.8. The van der Waals surface area contributed by atoms with E-state index in [-0.39, 0.29) is 12.2 Å². The van der Waals surface area contributed by atoms with Gasteiger partial charge in [-0.05, 0) is 116 Å². The SMILES string of the molecule is C1=CC2=CC(C3=CCC(C4NC5=C(CCC=C5)NC4n4c5ccccc5c5cc6c7c(n(-c8ccccc8)c6cc54)CCC4=C7CCC=C4)C=C3)=CCC2C=C1. The molecule has 2 aromatic heterocycles. The number of aromatic nitrogens is 2. The van der Waals surface area contributed by atoms with Crippen LogP contribution in [0.2, 0.25) is 0 Å². The van der Waals surface area contributed by atoms with Crippen LogP contribution in [0.25, 0.3) is 44.0 Å². The zero-order valence-electron chi connectivity index (χ0n) is 31.7. The molecular formula is C52H46N4. The minimum absolute atomic E-state index is 0.0215. The summed E-state index contributed by atoms with van der Waals surface area (Å²) in [6.45, 7) is 0. The molecule has 274 valence electrons. The molecule has 4 nitrogen and oxygen atoms in total. The average Bonchev–Trinajstić information content (AvgIpc) is 3.77. The van der Waals surface area contributed by atoms with Crippen LogP contribution in [0.3, 0.4) is 0 Å². The largest absolute Gasteiger partial charge is 0.376 e. The monoisotopic (exact) mass is 726 g/mol. The first-order chi connectivity index (χ1) is 27.8. The van der Waals surface area contributed by atoms with Gasteiger partial charge in [0.25, 0.3) is 0 Å². The molecule has 4 unspecified atom stereocenters. The molecule has 0 spiro atoms. The molecule has 5 aromatic rings. The van der Waals surface area contributed by atoms with Crippen molar-refractivity contribution in [1.29, 1.82) is 0 Å². The number of hydrogen-bond donors (Lipinski definition) is 2. The summed E-state index contributed by atoms with van der Waals surface area (Å²) in [6, 6.07) is 25.5. The van der Waals surface area contributed by atoms with E-state index in [0.717, 1.165) is 51.4 Å². The predicted octanol–water partition coefficient (Wildman–Crippen LogP) is 11.9. The third-order valence-electron chi connectivity index (χ3n) is 13.6. The lowest BCUT2D eigenvalue weighted by atomic mass is 9.81. The van der Waals surface area contributed by atoms with E-state index >= 15 is 0 Å². The Morgan fingerprint density at radius 3 is 2.45 bits per heavy atom. The van der Waals surface area contributed by atoms with Crippen LogP contribution in [0.4, 0.5) is 0 Å². The average molecular weight is 727 g/mol. The van der Waals surface area contributed by atoms with Crippen molar-refractivity contribution < 1.29 is 0 Å². The van der Waals surface area contributed by atoms with E-state index in [0.29, 0.717) is 11.8 Å². The molecule has 3 heterocycles. The van der Waals surface area contributed by atoms with Crippen molar-refractivity contribution in [2.45, 2.75) is 63.6 Å². The fraction of sp³-hybridized carbons (Fsp3) is 0.231. The Hall–Kier alpha value is -6.00. The Morgan fingerprint density at radius 1 is 0.643 bits per heavy atom. The van der Waals surface area contributed by atoms with Gasteiger partial charge in [-0.3, -0.25) is 0 Å². The highest BCUT2D eigenvalue weighted by Crippen LogP contribution is 2.47. The van der Waals surface area contributed by atoms with Crippen LogP contribution in [0.15, 0.2) is 179 Å². The molecule has 0 fully saturated rings. The van der Waals surface area contributed by atoms with Crippen LogP contribution in [-0.4, -0.2) is 15.2 Å². The van der Waals surface area contributed by atoms with Crippen LogP contribution in [0, 0.1) is 11.8 Å². The molecule has 0 saturated heterocycles. The Morgan fingerprint density at radius 2 is 1.52 bits per heavy atom. The zero-order chi connectivity index (χ0) is 36.7. The molecule has 0 saturated carbocycles. The number of para-hydroxylation sites is 2. The number of hydrogen-bond acceptors (Lipinski definition) is 2. The highest BCUT2D eigenvalue weighted by atomic mass is 15.3. The van der Waals surface area contributed by atoms with Gasteiger partial charge in [0.05, 0.1) is 28.3 Å². The summed E-state index contributed by atoms with van der Waals surface area (Å²) in [5, 5.41) is 12.4. The molecule has 3 aromatic carbocycles. The maximum atomic E-state index is 4.19. The number of benzene rings is 3. The minimum Gasteiger partial charge on any atom is -0.376 e. The lowest BCUT2D eigenvalue weighted by Crippen LogP contribution is -2.52. The molecular weight excluding hydrogens is 681 g/mol. The van der Waals surface area contributed by atoms with Gasteiger partial charge in [0.15, 0.2) is 0 Å². The molecule has 6 aliphatic carbocycles. The smallest absolute Gasteiger partial charge is 0.125 e. The first-order valence-electron chi connectivity index (χ1n) is 20.9. The quantitative estimate of drug-likeness (QED) is 0.193. The Labute approximate surface area is 328 Å². The number of fused-ring (bicyclic) bond motifs is 8. The van der Waals surface area contributed by atoms with Crippen molar-refractivity contribution in [2.24, 2.45) is 11.8 Å². The van der Waals surface area contributed by atoms with E-state index in [1.807, 2.05) is 0 Å². The van der Waals surface area contributed by atoms with Crippen molar-refractivity contribution in [3.8, 4) is 5.69 Å². The molecule has 0 amide bonds.